The van der Waals surface area contributed by atoms with Gasteiger partial charge in [-0.15, -0.1) is 0 Å². The molecule has 0 unspecified atom stereocenters. The molecule has 0 radical (unpaired) electrons. The van der Waals surface area contributed by atoms with Gasteiger partial charge in [-0.1, -0.05) is 0 Å². The Morgan fingerprint density at radius 2 is 2.04 bits per heavy atom. The zero-order valence-electron chi connectivity index (χ0n) is 14.3. The monoisotopic (exact) mass is 332 g/mol. The molecule has 2 atom stereocenters. The first-order valence-corrected chi connectivity index (χ1v) is 8.06. The highest BCUT2D eigenvalue weighted by atomic mass is 16.2. The fraction of sp³-hybridized carbons (Fsp3) is 0.471. The second kappa shape index (κ2) is 7.44. The Bertz CT molecular complexity index is 659. The number of carbonyl (C=O) groups excluding carboxylic acids is 3. The molecule has 1 saturated heterocycles. The first-order valence-electron chi connectivity index (χ1n) is 8.06. The van der Waals surface area contributed by atoms with E-state index in [4.69, 9.17) is 5.73 Å². The molecule has 130 valence electrons. The van der Waals surface area contributed by atoms with E-state index in [1.807, 2.05) is 6.92 Å². The molecule has 0 bridgehead atoms. The van der Waals surface area contributed by atoms with Crippen LogP contribution in [0.5, 0.6) is 0 Å². The van der Waals surface area contributed by atoms with Gasteiger partial charge in [0.25, 0.3) is 5.91 Å². The first-order chi connectivity index (χ1) is 11.3. The minimum Gasteiger partial charge on any atom is -0.355 e. The van der Waals surface area contributed by atoms with Crippen molar-refractivity contribution in [3.8, 4) is 0 Å². The van der Waals surface area contributed by atoms with Gasteiger partial charge >= 0.3 is 0 Å². The summed E-state index contributed by atoms with van der Waals surface area (Å²) in [6.07, 6.45) is 0.459. The van der Waals surface area contributed by atoms with Crippen LogP contribution in [0.3, 0.4) is 0 Å². The maximum Gasteiger partial charge on any atom is 0.254 e. The number of nitrogens with zero attached hydrogens (tertiary/aromatic N) is 1. The van der Waals surface area contributed by atoms with E-state index in [1.54, 1.807) is 25.1 Å². The number of aryl methyl sites for hydroxylation is 1. The molecule has 0 spiro atoms. The Kier molecular flexibility index (Phi) is 5.56. The summed E-state index contributed by atoms with van der Waals surface area (Å²) in [6.45, 7) is 5.93. The van der Waals surface area contributed by atoms with Crippen LogP contribution in [0.2, 0.25) is 0 Å². The SMILES string of the molecule is CCNC(=O)[C@@H]1C[C@@H](N)CN1C(=O)c1ccc(NC(C)=O)cc1C. The third-order valence-corrected chi connectivity index (χ3v) is 4.03. The number of hydrogen-bond acceptors (Lipinski definition) is 4. The lowest BCUT2D eigenvalue weighted by Gasteiger charge is -2.24. The van der Waals surface area contributed by atoms with Crippen molar-refractivity contribution in [3.63, 3.8) is 0 Å². The summed E-state index contributed by atoms with van der Waals surface area (Å²) in [4.78, 5) is 37.7. The first kappa shape index (κ1) is 17.9. The van der Waals surface area contributed by atoms with Crippen molar-refractivity contribution >= 4 is 23.4 Å². The predicted molar refractivity (Wildman–Crippen MR) is 91.6 cm³/mol. The summed E-state index contributed by atoms with van der Waals surface area (Å²) in [6, 6.07) is 4.34. The van der Waals surface area contributed by atoms with Crippen LogP contribution in [0.15, 0.2) is 18.2 Å². The summed E-state index contributed by atoms with van der Waals surface area (Å²) in [5.41, 5.74) is 7.84. The number of nitrogens with two attached hydrogens (primary N) is 1. The van der Waals surface area contributed by atoms with Crippen LogP contribution in [0.1, 0.15) is 36.2 Å². The number of benzene rings is 1. The molecule has 1 aromatic carbocycles. The topological polar surface area (TPSA) is 105 Å². The second-order valence-corrected chi connectivity index (χ2v) is 6.07. The van der Waals surface area contributed by atoms with E-state index < -0.39 is 6.04 Å². The molecule has 1 aliphatic heterocycles. The highest BCUT2D eigenvalue weighted by Gasteiger charge is 2.38. The van der Waals surface area contributed by atoms with E-state index in [1.165, 1.54) is 11.8 Å². The van der Waals surface area contributed by atoms with E-state index in [0.29, 0.717) is 30.8 Å². The lowest BCUT2D eigenvalue weighted by atomic mass is 10.1. The summed E-state index contributed by atoms with van der Waals surface area (Å²) in [5, 5.41) is 5.44. The average molecular weight is 332 g/mol. The molecule has 1 heterocycles. The summed E-state index contributed by atoms with van der Waals surface area (Å²) >= 11 is 0. The van der Waals surface area contributed by atoms with Crippen molar-refractivity contribution in [1.82, 2.24) is 10.2 Å². The largest absolute Gasteiger partial charge is 0.355 e. The van der Waals surface area contributed by atoms with Gasteiger partial charge in [0, 0.05) is 37.3 Å². The lowest BCUT2D eigenvalue weighted by molar-refractivity contribution is -0.124. The zero-order chi connectivity index (χ0) is 17.9. The van der Waals surface area contributed by atoms with Crippen LogP contribution in [-0.2, 0) is 9.59 Å². The molecule has 24 heavy (non-hydrogen) atoms. The maximum absolute atomic E-state index is 12.9. The Morgan fingerprint density at radius 1 is 1.33 bits per heavy atom. The maximum atomic E-state index is 12.9. The molecular weight excluding hydrogens is 308 g/mol. The highest BCUT2D eigenvalue weighted by molar-refractivity contribution is 6.00. The van der Waals surface area contributed by atoms with Gasteiger partial charge in [0.15, 0.2) is 0 Å². The van der Waals surface area contributed by atoms with Gasteiger partial charge in [0.2, 0.25) is 11.8 Å². The third-order valence-electron chi connectivity index (χ3n) is 4.03. The number of amides is 3. The number of anilines is 1. The van der Waals surface area contributed by atoms with Gasteiger partial charge in [-0.2, -0.15) is 0 Å². The molecule has 7 heteroatoms. The van der Waals surface area contributed by atoms with Crippen molar-refractivity contribution in [2.75, 3.05) is 18.4 Å². The third kappa shape index (κ3) is 3.91. The average Bonchev–Trinajstić information content (AvgIpc) is 2.88. The summed E-state index contributed by atoms with van der Waals surface area (Å²) in [7, 11) is 0. The molecule has 0 aliphatic carbocycles. The minimum absolute atomic E-state index is 0.171. The van der Waals surface area contributed by atoms with Gasteiger partial charge in [-0.3, -0.25) is 14.4 Å². The summed E-state index contributed by atoms with van der Waals surface area (Å²) < 4.78 is 0. The molecule has 1 aromatic rings. The standard InChI is InChI=1S/C17H24N4O3/c1-4-19-16(23)15-8-12(18)9-21(15)17(24)14-6-5-13(7-10(14)2)20-11(3)22/h5-7,12,15H,4,8-9,18H2,1-3H3,(H,19,23)(H,20,22)/t12-,15+/m1/s1. The number of nitrogens with one attached hydrogen (secondary N) is 2. The van der Waals surface area contributed by atoms with Crippen LogP contribution in [0, 0.1) is 6.92 Å². The summed E-state index contributed by atoms with van der Waals surface area (Å²) in [5.74, 6) is -0.562. The number of likely N-dealkylation sites (N-methyl/N-ethyl adjacent to an activating group) is 1. The molecule has 0 aromatic heterocycles. The van der Waals surface area contributed by atoms with Crippen LogP contribution < -0.4 is 16.4 Å². The van der Waals surface area contributed by atoms with E-state index in [2.05, 4.69) is 10.6 Å². The van der Waals surface area contributed by atoms with Gasteiger partial charge < -0.3 is 21.3 Å². The molecule has 0 saturated carbocycles. The van der Waals surface area contributed by atoms with Gasteiger partial charge in [0.1, 0.15) is 6.04 Å². The van der Waals surface area contributed by atoms with Crippen LogP contribution >= 0.6 is 0 Å². The molecule has 7 nitrogen and oxygen atoms in total. The van der Waals surface area contributed by atoms with Crippen molar-refractivity contribution in [1.29, 1.82) is 0 Å². The molecule has 1 fully saturated rings. The van der Waals surface area contributed by atoms with Gasteiger partial charge in [-0.05, 0) is 44.0 Å². The number of carbonyl (C=O) groups is 3. The lowest BCUT2D eigenvalue weighted by Crippen LogP contribution is -2.46. The fourth-order valence-corrected chi connectivity index (χ4v) is 2.97. The zero-order valence-corrected chi connectivity index (χ0v) is 14.3. The number of rotatable bonds is 4. The Morgan fingerprint density at radius 3 is 2.62 bits per heavy atom. The van der Waals surface area contributed by atoms with E-state index in [-0.39, 0.29) is 23.8 Å². The van der Waals surface area contributed by atoms with E-state index >= 15 is 0 Å². The molecule has 2 rings (SSSR count). The Labute approximate surface area is 141 Å². The van der Waals surface area contributed by atoms with E-state index in [9.17, 15) is 14.4 Å². The predicted octanol–water partition coefficient (Wildman–Crippen LogP) is 0.631. The van der Waals surface area contributed by atoms with Crippen molar-refractivity contribution < 1.29 is 14.4 Å². The van der Waals surface area contributed by atoms with E-state index in [0.717, 1.165) is 5.56 Å². The normalized spacial score (nSPS) is 19.9. The quantitative estimate of drug-likeness (QED) is 0.752. The van der Waals surface area contributed by atoms with Gasteiger partial charge in [0.05, 0.1) is 0 Å². The molecule has 3 amide bonds. The van der Waals surface area contributed by atoms with Crippen molar-refractivity contribution in [2.24, 2.45) is 5.73 Å². The molecular formula is C17H24N4O3. The number of likely N-dealkylation sites (tertiary alicyclic amines) is 1. The fourth-order valence-electron chi connectivity index (χ4n) is 2.97. The Hall–Kier alpha value is -2.41. The van der Waals surface area contributed by atoms with Crippen molar-refractivity contribution in [3.05, 3.63) is 29.3 Å². The highest BCUT2D eigenvalue weighted by Crippen LogP contribution is 2.23. The smallest absolute Gasteiger partial charge is 0.254 e. The minimum atomic E-state index is -0.540. The Balaban J connectivity index is 2.23. The van der Waals surface area contributed by atoms with Crippen LogP contribution in [-0.4, -0.2) is 47.8 Å². The van der Waals surface area contributed by atoms with Crippen LogP contribution in [0.4, 0.5) is 5.69 Å². The van der Waals surface area contributed by atoms with Crippen molar-refractivity contribution in [2.45, 2.75) is 39.3 Å². The van der Waals surface area contributed by atoms with Gasteiger partial charge in [-0.25, -0.2) is 0 Å². The molecule has 4 N–H and O–H groups in total. The molecule has 1 aliphatic rings. The van der Waals surface area contributed by atoms with Crippen LogP contribution in [0.25, 0.3) is 0 Å². The number of hydrogen-bond donors (Lipinski definition) is 3. The second-order valence-electron chi connectivity index (χ2n) is 6.07.